The van der Waals surface area contributed by atoms with Crippen LogP contribution in [0.5, 0.6) is 0 Å². The number of nitrogens with zero attached hydrogens (tertiary/aromatic N) is 2. The fraction of sp³-hybridized carbons (Fsp3) is 0.833. The summed E-state index contributed by atoms with van der Waals surface area (Å²) < 4.78 is 19.4. The van der Waals surface area contributed by atoms with Crippen molar-refractivity contribution in [2.45, 2.75) is 0 Å². The number of amides is 2. The predicted octanol–water partition coefficient (Wildman–Crippen LogP) is 1.46. The minimum Gasteiger partial charge on any atom is -0.438 e. The van der Waals surface area contributed by atoms with Crippen molar-refractivity contribution in [2.75, 3.05) is 64.2 Å². The van der Waals surface area contributed by atoms with Gasteiger partial charge in [-0.3, -0.25) is 0 Å². The lowest BCUT2D eigenvalue weighted by atomic mass is 10.5. The van der Waals surface area contributed by atoms with Crippen molar-refractivity contribution in [1.82, 2.24) is 9.80 Å². The van der Waals surface area contributed by atoms with Crippen molar-refractivity contribution in [3.8, 4) is 0 Å². The second kappa shape index (κ2) is 11.8. The predicted molar refractivity (Wildman–Crippen MR) is 82.3 cm³/mol. The number of carbonyl (C=O) groups excluding carboxylic acids is 2. The van der Waals surface area contributed by atoms with Crippen LogP contribution in [0.2, 0.25) is 0 Å². The number of halogens is 2. The Labute approximate surface area is 142 Å². The normalized spacial score (nSPS) is 18.1. The summed E-state index contributed by atoms with van der Waals surface area (Å²) in [6.07, 6.45) is -0.631. The maximum absolute atomic E-state index is 11.0. The van der Waals surface area contributed by atoms with Crippen LogP contribution in [0.25, 0.3) is 0 Å². The molecular formula is C12H20BrClN2O6. The van der Waals surface area contributed by atoms with Gasteiger partial charge >= 0.3 is 12.2 Å². The van der Waals surface area contributed by atoms with Gasteiger partial charge in [0.1, 0.15) is 5.52 Å². The van der Waals surface area contributed by atoms with E-state index in [4.69, 9.17) is 25.8 Å². The van der Waals surface area contributed by atoms with Gasteiger partial charge in [-0.1, -0.05) is 11.6 Å². The molecule has 22 heavy (non-hydrogen) atoms. The fourth-order valence-corrected chi connectivity index (χ4v) is 2.06. The summed E-state index contributed by atoms with van der Waals surface area (Å²) in [6, 6.07) is -0.0871. The van der Waals surface area contributed by atoms with E-state index in [-0.39, 0.29) is 23.8 Å². The van der Waals surface area contributed by atoms with Gasteiger partial charge in [-0.15, -0.1) is 0 Å². The molecule has 0 aliphatic carbocycles. The van der Waals surface area contributed by atoms with Gasteiger partial charge in [0.05, 0.1) is 26.4 Å². The van der Waals surface area contributed by atoms with Crippen molar-refractivity contribution in [3.63, 3.8) is 0 Å². The molecule has 10 heteroatoms. The highest BCUT2D eigenvalue weighted by molar-refractivity contribution is 9.09. The smallest absolute Gasteiger partial charge is 0.411 e. The molecule has 0 aromatic heterocycles. The molecular weight excluding hydrogens is 383 g/mol. The molecule has 8 nitrogen and oxygen atoms in total. The van der Waals surface area contributed by atoms with E-state index in [9.17, 15) is 9.59 Å². The quantitative estimate of drug-likeness (QED) is 0.650. The highest BCUT2D eigenvalue weighted by atomic mass is 79.9. The third-order valence-electron chi connectivity index (χ3n) is 2.89. The summed E-state index contributed by atoms with van der Waals surface area (Å²) in [5, 5.41) is 0. The molecule has 0 aromatic carbocycles. The molecule has 2 aliphatic rings. The van der Waals surface area contributed by atoms with Gasteiger partial charge in [0.15, 0.2) is 6.07 Å². The van der Waals surface area contributed by atoms with E-state index in [1.54, 1.807) is 9.80 Å². The van der Waals surface area contributed by atoms with Crippen molar-refractivity contribution < 1.29 is 28.5 Å². The Hall–Kier alpha value is -0.770. The lowest BCUT2D eigenvalue weighted by molar-refractivity contribution is 0.0317. The van der Waals surface area contributed by atoms with Crippen LogP contribution in [-0.4, -0.2) is 86.2 Å². The van der Waals surface area contributed by atoms with Gasteiger partial charge < -0.3 is 28.7 Å². The Balaban J connectivity index is 0.000000220. The lowest BCUT2D eigenvalue weighted by Gasteiger charge is -2.25. The average Bonchev–Trinajstić information content (AvgIpc) is 2.57. The number of hydrogen-bond acceptors (Lipinski definition) is 6. The zero-order chi connectivity index (χ0) is 16.2. The molecule has 2 rings (SSSR count). The van der Waals surface area contributed by atoms with Crippen molar-refractivity contribution in [2.24, 2.45) is 0 Å². The Morgan fingerprint density at radius 3 is 1.68 bits per heavy atom. The van der Waals surface area contributed by atoms with Crippen LogP contribution in [-0.2, 0) is 18.9 Å². The zero-order valence-electron chi connectivity index (χ0n) is 12.2. The molecule has 0 spiro atoms. The van der Waals surface area contributed by atoms with E-state index < -0.39 is 0 Å². The van der Waals surface area contributed by atoms with Gasteiger partial charge in [0.2, 0.25) is 0 Å². The van der Waals surface area contributed by atoms with Crippen LogP contribution < -0.4 is 0 Å². The molecule has 0 atom stereocenters. The summed E-state index contributed by atoms with van der Waals surface area (Å²) in [4.78, 5) is 25.2. The van der Waals surface area contributed by atoms with E-state index in [0.29, 0.717) is 52.6 Å². The van der Waals surface area contributed by atoms with E-state index in [1.807, 2.05) is 0 Å². The average molecular weight is 404 g/mol. The zero-order valence-corrected chi connectivity index (χ0v) is 14.5. The minimum atomic E-state index is -0.358. The third kappa shape index (κ3) is 7.48. The van der Waals surface area contributed by atoms with Crippen LogP contribution >= 0.6 is 27.5 Å². The number of rotatable bonds is 2. The molecule has 0 aromatic rings. The first-order valence-corrected chi connectivity index (χ1v) is 8.45. The van der Waals surface area contributed by atoms with Crippen LogP contribution in [0.15, 0.2) is 0 Å². The monoisotopic (exact) mass is 402 g/mol. The van der Waals surface area contributed by atoms with Gasteiger partial charge in [-0.05, 0) is 15.9 Å². The number of carbonyl (C=O) groups is 2. The SMILES string of the molecule is O=C(OCBr)N1CCOCC1.O=C(OCCl)N1CCOCC1. The highest BCUT2D eigenvalue weighted by Gasteiger charge is 2.17. The second-order valence-corrected chi connectivity index (χ2v) is 4.91. The van der Waals surface area contributed by atoms with Crippen LogP contribution in [0, 0.1) is 0 Å². The molecule has 2 heterocycles. The summed E-state index contributed by atoms with van der Waals surface area (Å²) in [6.45, 7) is 4.83. The largest absolute Gasteiger partial charge is 0.438 e. The first-order chi connectivity index (χ1) is 10.7. The number of ether oxygens (including phenoxy) is 4. The van der Waals surface area contributed by atoms with Crippen molar-refractivity contribution >= 4 is 39.7 Å². The summed E-state index contributed by atoms with van der Waals surface area (Å²) in [5.74, 6) is 0. The highest BCUT2D eigenvalue weighted by Crippen LogP contribution is 2.01. The molecule has 0 N–H and O–H groups in total. The molecule has 2 amide bonds. The van der Waals surface area contributed by atoms with Crippen LogP contribution in [0.4, 0.5) is 9.59 Å². The Morgan fingerprint density at radius 1 is 0.909 bits per heavy atom. The van der Waals surface area contributed by atoms with Crippen LogP contribution in [0.3, 0.4) is 0 Å². The summed E-state index contributed by atoms with van der Waals surface area (Å²) >= 11 is 8.23. The fourth-order valence-electron chi connectivity index (χ4n) is 1.77. The van der Waals surface area contributed by atoms with Crippen molar-refractivity contribution in [1.29, 1.82) is 0 Å². The van der Waals surface area contributed by atoms with E-state index in [2.05, 4.69) is 20.7 Å². The lowest BCUT2D eigenvalue weighted by Crippen LogP contribution is -2.40. The molecule has 0 unspecified atom stereocenters. The molecule has 2 aliphatic heterocycles. The van der Waals surface area contributed by atoms with Crippen molar-refractivity contribution in [3.05, 3.63) is 0 Å². The van der Waals surface area contributed by atoms with Gasteiger partial charge in [-0.2, -0.15) is 0 Å². The molecule has 128 valence electrons. The first kappa shape index (κ1) is 19.3. The number of alkyl halides is 2. The Kier molecular flexibility index (Phi) is 10.3. The maximum Gasteiger partial charge on any atom is 0.411 e. The molecule has 0 bridgehead atoms. The van der Waals surface area contributed by atoms with Crippen LogP contribution in [0.1, 0.15) is 0 Å². The molecule has 2 fully saturated rings. The topological polar surface area (TPSA) is 77.5 Å². The van der Waals surface area contributed by atoms with E-state index in [0.717, 1.165) is 0 Å². The minimum absolute atomic E-state index is 0.0871. The van der Waals surface area contributed by atoms with Gasteiger partial charge in [0.25, 0.3) is 0 Å². The van der Waals surface area contributed by atoms with E-state index in [1.165, 1.54) is 0 Å². The summed E-state index contributed by atoms with van der Waals surface area (Å²) in [5.41, 5.74) is 0.253. The standard InChI is InChI=1S/C6H10BrNO3.C6H10ClNO3/c2*7-5-11-6(9)8-1-3-10-4-2-8/h2*1-5H2. The molecule has 2 saturated heterocycles. The second-order valence-electron chi connectivity index (χ2n) is 4.24. The Morgan fingerprint density at radius 2 is 1.32 bits per heavy atom. The number of morpholine rings is 2. The molecule has 0 saturated carbocycles. The number of hydrogen-bond donors (Lipinski definition) is 0. The first-order valence-electron chi connectivity index (χ1n) is 6.80. The Bertz CT molecular complexity index is 306. The van der Waals surface area contributed by atoms with Gasteiger partial charge in [-0.25, -0.2) is 9.59 Å². The molecule has 0 radical (unpaired) electrons. The van der Waals surface area contributed by atoms with E-state index >= 15 is 0 Å². The maximum atomic E-state index is 11.0. The van der Waals surface area contributed by atoms with Gasteiger partial charge in [0, 0.05) is 26.2 Å². The third-order valence-corrected chi connectivity index (χ3v) is 3.23. The summed E-state index contributed by atoms with van der Waals surface area (Å²) in [7, 11) is 0.